The number of carbonyl (C=O) groups excluding carboxylic acids is 1. The smallest absolute Gasteiger partial charge is 0.355 e. The number of nitrogens with zero attached hydrogens (tertiary/aromatic N) is 3. The van der Waals surface area contributed by atoms with Crippen LogP contribution in [0.25, 0.3) is 5.78 Å². The first-order valence-corrected chi connectivity index (χ1v) is 5.66. The highest BCUT2D eigenvalue weighted by molar-refractivity contribution is 7.71. The van der Waals surface area contributed by atoms with Crippen LogP contribution in [0.3, 0.4) is 0 Å². The minimum atomic E-state index is -1.17. The number of hydrogen-bond acceptors (Lipinski definition) is 6. The highest BCUT2D eigenvalue weighted by atomic mass is 32.1. The molecule has 0 saturated heterocycles. The third-order valence-corrected chi connectivity index (χ3v) is 2.87. The van der Waals surface area contributed by atoms with Crippen molar-refractivity contribution in [2.75, 3.05) is 0 Å². The van der Waals surface area contributed by atoms with Gasteiger partial charge < -0.3 is 9.84 Å². The third-order valence-electron chi connectivity index (χ3n) is 2.38. The monoisotopic (exact) mass is 282 g/mol. The molecule has 0 unspecified atom stereocenters. The van der Waals surface area contributed by atoms with Crippen molar-refractivity contribution in [3.8, 4) is 0 Å². The van der Waals surface area contributed by atoms with Gasteiger partial charge in [0.1, 0.15) is 4.64 Å². The molecule has 0 amide bonds. The van der Waals surface area contributed by atoms with Crippen molar-refractivity contribution in [1.82, 2.24) is 19.6 Å². The van der Waals surface area contributed by atoms with Crippen LogP contribution in [0.1, 0.15) is 28.8 Å². The molecule has 2 rings (SSSR count). The number of aromatic amines is 1. The van der Waals surface area contributed by atoms with Crippen LogP contribution < -0.4 is 0 Å². The molecule has 0 atom stereocenters. The van der Waals surface area contributed by atoms with Crippen molar-refractivity contribution < 1.29 is 19.4 Å². The Labute approximate surface area is 112 Å². The molecule has 8 nitrogen and oxygen atoms in total. The predicted octanol–water partition coefficient (Wildman–Crippen LogP) is 0.857. The number of ether oxygens (including phenoxy) is 1. The second-order valence-electron chi connectivity index (χ2n) is 3.78. The van der Waals surface area contributed by atoms with E-state index < -0.39 is 11.9 Å². The number of carboxylic acid groups (broad SMARTS) is 1. The van der Waals surface area contributed by atoms with Crippen molar-refractivity contribution in [1.29, 1.82) is 0 Å². The summed E-state index contributed by atoms with van der Waals surface area (Å²) in [6, 6.07) is 0. The average molecular weight is 282 g/mol. The molecule has 100 valence electrons. The lowest BCUT2D eigenvalue weighted by Gasteiger charge is -2.00. The fraction of sp³-hybridized carbons (Fsp3) is 0.300. The molecule has 0 bridgehead atoms. The Bertz CT molecular complexity index is 733. The minimum absolute atomic E-state index is 0.0606. The van der Waals surface area contributed by atoms with Gasteiger partial charge in [-0.2, -0.15) is 4.98 Å². The number of carbonyl (C=O) groups is 2. The third kappa shape index (κ3) is 2.45. The number of H-pyrrole nitrogens is 1. The van der Waals surface area contributed by atoms with Gasteiger partial charge in [0, 0.05) is 12.5 Å². The van der Waals surface area contributed by atoms with E-state index in [0.717, 1.165) is 0 Å². The second kappa shape index (κ2) is 4.76. The summed E-state index contributed by atoms with van der Waals surface area (Å²) in [6.45, 7) is 2.78. The second-order valence-corrected chi connectivity index (χ2v) is 4.17. The van der Waals surface area contributed by atoms with Crippen LogP contribution in [-0.4, -0.2) is 36.6 Å². The summed E-state index contributed by atoms with van der Waals surface area (Å²) in [5.74, 6) is -1.17. The van der Waals surface area contributed by atoms with Gasteiger partial charge in [-0.25, -0.2) is 14.3 Å². The summed E-state index contributed by atoms with van der Waals surface area (Å²) in [5, 5.41) is 11.8. The standard InChI is InChI=1S/C10H10N4O4S/c1-4-7(9(16)17)12-10-11-6(3-18-5(2)15)13-14(10)8(4)19/h3H2,1-2H3,(H,16,17)(H,11,12,13). The molecule has 2 aromatic rings. The number of nitrogens with one attached hydrogen (secondary N) is 1. The summed E-state index contributed by atoms with van der Waals surface area (Å²) in [6.07, 6.45) is 0. The summed E-state index contributed by atoms with van der Waals surface area (Å²) in [7, 11) is 0. The highest BCUT2D eigenvalue weighted by Crippen LogP contribution is 2.10. The molecule has 0 aliphatic carbocycles. The van der Waals surface area contributed by atoms with Crippen LogP contribution in [0.4, 0.5) is 0 Å². The fourth-order valence-electron chi connectivity index (χ4n) is 1.49. The number of esters is 1. The van der Waals surface area contributed by atoms with E-state index in [9.17, 15) is 9.59 Å². The summed E-state index contributed by atoms with van der Waals surface area (Å²) < 4.78 is 6.42. The summed E-state index contributed by atoms with van der Waals surface area (Å²) in [5.41, 5.74) is 0.221. The first-order valence-electron chi connectivity index (χ1n) is 5.25. The zero-order valence-electron chi connectivity index (χ0n) is 10.1. The lowest BCUT2D eigenvalue weighted by Crippen LogP contribution is -2.08. The number of fused-ring (bicyclic) bond motifs is 1. The van der Waals surface area contributed by atoms with Gasteiger partial charge in [0.25, 0.3) is 5.78 Å². The molecule has 0 fully saturated rings. The molecule has 9 heteroatoms. The van der Waals surface area contributed by atoms with Crippen LogP contribution >= 0.6 is 12.2 Å². The van der Waals surface area contributed by atoms with E-state index in [1.165, 1.54) is 11.4 Å². The predicted molar refractivity (Wildman–Crippen MR) is 65.3 cm³/mol. The van der Waals surface area contributed by atoms with Crippen molar-refractivity contribution in [2.24, 2.45) is 0 Å². The van der Waals surface area contributed by atoms with E-state index in [-0.39, 0.29) is 22.7 Å². The molecule has 2 N–H and O–H groups in total. The Morgan fingerprint density at radius 1 is 1.47 bits per heavy atom. The molecule has 19 heavy (non-hydrogen) atoms. The van der Waals surface area contributed by atoms with E-state index in [2.05, 4.69) is 15.1 Å². The SMILES string of the molecule is CC(=O)OCc1nc2nc(C(=O)O)c(C)c(=S)n2[nH]1. The topological polar surface area (TPSA) is 110 Å². The van der Waals surface area contributed by atoms with E-state index >= 15 is 0 Å². The molecule has 2 aromatic heterocycles. The molecule has 2 heterocycles. The summed E-state index contributed by atoms with van der Waals surface area (Å²) in [4.78, 5) is 29.6. The van der Waals surface area contributed by atoms with Gasteiger partial charge in [-0.3, -0.25) is 9.89 Å². The van der Waals surface area contributed by atoms with E-state index in [4.69, 9.17) is 22.1 Å². The highest BCUT2D eigenvalue weighted by Gasteiger charge is 2.15. The summed E-state index contributed by atoms with van der Waals surface area (Å²) >= 11 is 5.13. The van der Waals surface area contributed by atoms with Crippen molar-refractivity contribution in [2.45, 2.75) is 20.5 Å². The molecular weight excluding hydrogens is 272 g/mol. The average Bonchev–Trinajstić information content (AvgIpc) is 2.74. The molecular formula is C10H10N4O4S. The van der Waals surface area contributed by atoms with Crippen LogP contribution in [-0.2, 0) is 16.1 Å². The molecule has 0 spiro atoms. The Hall–Kier alpha value is -2.29. The van der Waals surface area contributed by atoms with Gasteiger partial charge in [-0.1, -0.05) is 12.2 Å². The minimum Gasteiger partial charge on any atom is -0.476 e. The van der Waals surface area contributed by atoms with Crippen molar-refractivity contribution in [3.63, 3.8) is 0 Å². The molecule has 0 aliphatic heterocycles. The van der Waals surface area contributed by atoms with Gasteiger partial charge in [0.2, 0.25) is 0 Å². The van der Waals surface area contributed by atoms with Crippen LogP contribution in [0, 0.1) is 11.6 Å². The lowest BCUT2D eigenvalue weighted by molar-refractivity contribution is -0.142. The Balaban J connectivity index is 2.54. The maximum Gasteiger partial charge on any atom is 0.355 e. The Kier molecular flexibility index (Phi) is 3.30. The molecule has 0 aromatic carbocycles. The fourth-order valence-corrected chi connectivity index (χ4v) is 1.71. The van der Waals surface area contributed by atoms with Crippen LogP contribution in [0.2, 0.25) is 0 Å². The van der Waals surface area contributed by atoms with E-state index in [0.29, 0.717) is 11.4 Å². The van der Waals surface area contributed by atoms with Gasteiger partial charge >= 0.3 is 11.9 Å². The normalized spacial score (nSPS) is 10.6. The number of aromatic carboxylic acids is 1. The van der Waals surface area contributed by atoms with Crippen molar-refractivity contribution in [3.05, 3.63) is 21.7 Å². The van der Waals surface area contributed by atoms with Gasteiger partial charge in [0.05, 0.1) is 0 Å². The van der Waals surface area contributed by atoms with Crippen molar-refractivity contribution >= 4 is 29.9 Å². The van der Waals surface area contributed by atoms with E-state index in [1.54, 1.807) is 6.92 Å². The maximum atomic E-state index is 11.0. The Morgan fingerprint density at radius 2 is 2.16 bits per heavy atom. The van der Waals surface area contributed by atoms with Gasteiger partial charge in [-0.05, 0) is 6.92 Å². The van der Waals surface area contributed by atoms with Gasteiger partial charge in [-0.15, -0.1) is 0 Å². The first-order chi connectivity index (χ1) is 8.90. The molecule has 0 aliphatic rings. The molecule has 0 saturated carbocycles. The Morgan fingerprint density at radius 3 is 2.74 bits per heavy atom. The first kappa shape index (κ1) is 13.1. The largest absolute Gasteiger partial charge is 0.476 e. The molecule has 0 radical (unpaired) electrons. The van der Waals surface area contributed by atoms with Crippen LogP contribution in [0.15, 0.2) is 0 Å². The van der Waals surface area contributed by atoms with Crippen LogP contribution in [0.5, 0.6) is 0 Å². The quantitative estimate of drug-likeness (QED) is 0.634. The zero-order valence-corrected chi connectivity index (χ0v) is 10.9. The number of hydrogen-bond donors (Lipinski definition) is 2. The lowest BCUT2D eigenvalue weighted by atomic mass is 10.2. The number of aromatic nitrogens is 4. The number of rotatable bonds is 3. The van der Waals surface area contributed by atoms with Gasteiger partial charge in [0.15, 0.2) is 18.1 Å². The zero-order chi connectivity index (χ0) is 14.2. The van der Waals surface area contributed by atoms with E-state index in [1.807, 2.05) is 0 Å². The number of carboxylic acids is 1. The maximum absolute atomic E-state index is 11.0.